The number of carbonyl (C=O) groups is 3. The number of carboxylic acids is 1. The number of piperidine rings is 1. The molecular formula is C18H24FN3O4. The van der Waals surface area contributed by atoms with E-state index in [0.717, 1.165) is 0 Å². The standard InChI is InChI=1S/C18H24FN3O4/c1-12(2)22(11-16(23)24)17(25)13-6-5-9-21(10-13)18(26)20-15-8-4-3-7-14(15)19/h3-4,7-8,12-13H,5-6,9-11H2,1-2H3,(H,20,26)(H,23,24). The number of nitrogens with zero attached hydrogens (tertiary/aromatic N) is 2. The van der Waals surface area contributed by atoms with Gasteiger partial charge in [-0.3, -0.25) is 9.59 Å². The van der Waals surface area contributed by atoms with E-state index < -0.39 is 23.7 Å². The number of likely N-dealkylation sites (tertiary alicyclic amines) is 1. The van der Waals surface area contributed by atoms with E-state index in [0.29, 0.717) is 19.4 Å². The fraction of sp³-hybridized carbons (Fsp3) is 0.500. The number of urea groups is 1. The van der Waals surface area contributed by atoms with Crippen molar-refractivity contribution in [3.63, 3.8) is 0 Å². The first-order chi connectivity index (χ1) is 12.3. The molecule has 1 atom stereocenters. The summed E-state index contributed by atoms with van der Waals surface area (Å²) >= 11 is 0. The minimum absolute atomic E-state index is 0.0839. The lowest BCUT2D eigenvalue weighted by Crippen LogP contribution is -2.50. The van der Waals surface area contributed by atoms with E-state index in [2.05, 4.69) is 5.32 Å². The van der Waals surface area contributed by atoms with E-state index in [9.17, 15) is 18.8 Å². The first kappa shape index (κ1) is 19.7. The van der Waals surface area contributed by atoms with Gasteiger partial charge in [-0.1, -0.05) is 12.1 Å². The molecule has 0 aliphatic carbocycles. The molecular weight excluding hydrogens is 341 g/mol. The zero-order valence-corrected chi connectivity index (χ0v) is 14.9. The van der Waals surface area contributed by atoms with Crippen LogP contribution in [0.15, 0.2) is 24.3 Å². The Hall–Kier alpha value is -2.64. The molecule has 0 spiro atoms. The van der Waals surface area contributed by atoms with E-state index in [1.165, 1.54) is 28.0 Å². The Labute approximate surface area is 151 Å². The van der Waals surface area contributed by atoms with Gasteiger partial charge in [-0.25, -0.2) is 9.18 Å². The van der Waals surface area contributed by atoms with Crippen LogP contribution in [0, 0.1) is 11.7 Å². The summed E-state index contributed by atoms with van der Waals surface area (Å²) in [6, 6.07) is 5.15. The highest BCUT2D eigenvalue weighted by Crippen LogP contribution is 2.21. The van der Waals surface area contributed by atoms with Crippen LogP contribution < -0.4 is 5.32 Å². The van der Waals surface area contributed by atoms with E-state index in [1.807, 2.05) is 0 Å². The number of halogens is 1. The Morgan fingerprint density at radius 2 is 2.04 bits per heavy atom. The molecule has 1 aromatic rings. The molecule has 1 saturated heterocycles. The highest BCUT2D eigenvalue weighted by Gasteiger charge is 2.33. The second-order valence-electron chi connectivity index (χ2n) is 6.65. The zero-order valence-electron chi connectivity index (χ0n) is 14.9. The molecule has 0 radical (unpaired) electrons. The van der Waals surface area contributed by atoms with Gasteiger partial charge in [0, 0.05) is 19.1 Å². The number of carboxylic acid groups (broad SMARTS) is 1. The number of amides is 3. The van der Waals surface area contributed by atoms with Crippen LogP contribution in [0.5, 0.6) is 0 Å². The van der Waals surface area contributed by atoms with Gasteiger partial charge in [0.1, 0.15) is 12.4 Å². The van der Waals surface area contributed by atoms with Crippen molar-refractivity contribution in [2.24, 2.45) is 5.92 Å². The van der Waals surface area contributed by atoms with Gasteiger partial charge in [-0.15, -0.1) is 0 Å². The average Bonchev–Trinajstić information content (AvgIpc) is 2.60. The first-order valence-electron chi connectivity index (χ1n) is 8.62. The maximum atomic E-state index is 13.7. The van der Waals surface area contributed by atoms with Gasteiger partial charge >= 0.3 is 12.0 Å². The summed E-state index contributed by atoms with van der Waals surface area (Å²) in [6.07, 6.45) is 1.21. The predicted octanol–water partition coefficient (Wildman–Crippen LogP) is 2.39. The van der Waals surface area contributed by atoms with E-state index in [4.69, 9.17) is 5.11 Å². The minimum atomic E-state index is -1.07. The molecule has 1 aliphatic rings. The lowest BCUT2D eigenvalue weighted by molar-refractivity contribution is -0.148. The molecule has 1 fully saturated rings. The van der Waals surface area contributed by atoms with Crippen molar-refractivity contribution in [1.82, 2.24) is 9.80 Å². The Bertz CT molecular complexity index is 680. The van der Waals surface area contributed by atoms with Crippen LogP contribution in [-0.4, -0.2) is 58.5 Å². The number of hydrogen-bond acceptors (Lipinski definition) is 3. The number of benzene rings is 1. The van der Waals surface area contributed by atoms with E-state index in [-0.39, 0.29) is 30.7 Å². The van der Waals surface area contributed by atoms with Crippen LogP contribution >= 0.6 is 0 Å². The second kappa shape index (κ2) is 8.64. The molecule has 0 aromatic heterocycles. The Morgan fingerprint density at radius 3 is 2.65 bits per heavy atom. The largest absolute Gasteiger partial charge is 0.480 e. The topological polar surface area (TPSA) is 90.0 Å². The van der Waals surface area contributed by atoms with Gasteiger partial charge in [0.2, 0.25) is 5.91 Å². The normalized spacial score (nSPS) is 17.1. The number of rotatable bonds is 5. The fourth-order valence-electron chi connectivity index (χ4n) is 3.02. The van der Waals surface area contributed by atoms with Crippen molar-refractivity contribution in [2.75, 3.05) is 25.0 Å². The summed E-state index contributed by atoms with van der Waals surface area (Å²) in [5.74, 6) is -2.34. The highest BCUT2D eigenvalue weighted by molar-refractivity contribution is 5.90. The number of hydrogen-bond donors (Lipinski definition) is 2. The molecule has 8 heteroatoms. The average molecular weight is 365 g/mol. The Balaban J connectivity index is 2.03. The Kier molecular flexibility index (Phi) is 6.54. The number of aliphatic carboxylic acids is 1. The lowest BCUT2D eigenvalue weighted by Gasteiger charge is -2.35. The van der Waals surface area contributed by atoms with Crippen LogP contribution in [0.1, 0.15) is 26.7 Å². The highest BCUT2D eigenvalue weighted by atomic mass is 19.1. The third-order valence-corrected chi connectivity index (χ3v) is 4.39. The first-order valence-corrected chi connectivity index (χ1v) is 8.62. The van der Waals surface area contributed by atoms with Crippen LogP contribution in [0.2, 0.25) is 0 Å². The summed E-state index contributed by atoms with van der Waals surface area (Å²) < 4.78 is 13.7. The molecule has 0 bridgehead atoms. The van der Waals surface area contributed by atoms with Gasteiger partial charge < -0.3 is 20.2 Å². The molecule has 2 N–H and O–H groups in total. The van der Waals surface area contributed by atoms with E-state index in [1.54, 1.807) is 19.9 Å². The molecule has 1 unspecified atom stereocenters. The van der Waals surface area contributed by atoms with Crippen molar-refractivity contribution in [3.8, 4) is 0 Å². The molecule has 0 saturated carbocycles. The van der Waals surface area contributed by atoms with Crippen molar-refractivity contribution in [3.05, 3.63) is 30.1 Å². The van der Waals surface area contributed by atoms with Crippen molar-refractivity contribution >= 4 is 23.6 Å². The molecule has 2 rings (SSSR count). The molecule has 26 heavy (non-hydrogen) atoms. The molecule has 1 aliphatic heterocycles. The monoisotopic (exact) mass is 365 g/mol. The minimum Gasteiger partial charge on any atom is -0.480 e. The predicted molar refractivity (Wildman–Crippen MR) is 94.2 cm³/mol. The quantitative estimate of drug-likeness (QED) is 0.838. The summed E-state index contributed by atoms with van der Waals surface area (Å²) in [4.78, 5) is 38.9. The van der Waals surface area contributed by atoms with Crippen molar-refractivity contribution in [1.29, 1.82) is 0 Å². The molecule has 142 valence electrons. The van der Waals surface area contributed by atoms with Crippen molar-refractivity contribution in [2.45, 2.75) is 32.7 Å². The maximum Gasteiger partial charge on any atom is 0.323 e. The molecule has 7 nitrogen and oxygen atoms in total. The smallest absolute Gasteiger partial charge is 0.323 e. The third kappa shape index (κ3) is 4.93. The number of para-hydroxylation sites is 1. The van der Waals surface area contributed by atoms with Crippen molar-refractivity contribution < 1.29 is 23.9 Å². The van der Waals surface area contributed by atoms with Gasteiger partial charge in [0.25, 0.3) is 0 Å². The SMILES string of the molecule is CC(C)N(CC(=O)O)C(=O)C1CCCN(C(=O)Nc2ccccc2F)C1. The summed E-state index contributed by atoms with van der Waals surface area (Å²) in [7, 11) is 0. The maximum absolute atomic E-state index is 13.7. The van der Waals surface area contributed by atoms with Crippen LogP contribution in [0.25, 0.3) is 0 Å². The molecule has 3 amide bonds. The lowest BCUT2D eigenvalue weighted by atomic mass is 9.96. The van der Waals surface area contributed by atoms with Gasteiger partial charge in [-0.2, -0.15) is 0 Å². The second-order valence-corrected chi connectivity index (χ2v) is 6.65. The van der Waals surface area contributed by atoms with Crippen LogP contribution in [0.4, 0.5) is 14.9 Å². The third-order valence-electron chi connectivity index (χ3n) is 4.39. The summed E-state index contributed by atoms with van der Waals surface area (Å²) in [5.41, 5.74) is 0.0839. The van der Waals surface area contributed by atoms with Gasteiger partial charge in [0.15, 0.2) is 0 Å². The fourth-order valence-corrected chi connectivity index (χ4v) is 3.02. The van der Waals surface area contributed by atoms with Gasteiger partial charge in [0.05, 0.1) is 11.6 Å². The number of nitrogens with one attached hydrogen (secondary N) is 1. The van der Waals surface area contributed by atoms with Crippen LogP contribution in [-0.2, 0) is 9.59 Å². The molecule has 1 heterocycles. The van der Waals surface area contributed by atoms with E-state index >= 15 is 0 Å². The number of carbonyl (C=O) groups excluding carboxylic acids is 2. The molecule has 1 aromatic carbocycles. The van der Waals surface area contributed by atoms with Gasteiger partial charge in [-0.05, 0) is 38.8 Å². The number of anilines is 1. The summed E-state index contributed by atoms with van der Waals surface area (Å²) in [5, 5.41) is 11.5. The van der Waals surface area contributed by atoms with Crippen LogP contribution in [0.3, 0.4) is 0 Å². The summed E-state index contributed by atoms with van der Waals surface area (Å²) in [6.45, 7) is 3.79. The Morgan fingerprint density at radius 1 is 1.35 bits per heavy atom. The zero-order chi connectivity index (χ0) is 19.3.